The lowest BCUT2D eigenvalue weighted by molar-refractivity contribution is 0.104. The van der Waals surface area contributed by atoms with Crippen LogP contribution >= 0.6 is 23.8 Å². The van der Waals surface area contributed by atoms with E-state index in [9.17, 15) is 9.90 Å². The quantitative estimate of drug-likeness (QED) is 0.176. The van der Waals surface area contributed by atoms with Crippen molar-refractivity contribution < 1.29 is 9.90 Å². The second-order valence-electron chi connectivity index (χ2n) is 5.99. The molecule has 3 rings (SSSR count). The molecule has 0 bridgehead atoms. The van der Waals surface area contributed by atoms with Crippen LogP contribution in [-0.2, 0) is 0 Å². The van der Waals surface area contributed by atoms with Crippen molar-refractivity contribution in [3.63, 3.8) is 0 Å². The van der Waals surface area contributed by atoms with Gasteiger partial charge < -0.3 is 10.4 Å². The molecule has 0 amide bonds. The van der Waals surface area contributed by atoms with Crippen molar-refractivity contribution in [3.05, 3.63) is 107 Å². The van der Waals surface area contributed by atoms with Crippen molar-refractivity contribution in [2.75, 3.05) is 5.32 Å². The highest BCUT2D eigenvalue weighted by Crippen LogP contribution is 2.21. The summed E-state index contributed by atoms with van der Waals surface area (Å²) < 4.78 is 0. The Morgan fingerprint density at radius 1 is 0.897 bits per heavy atom. The van der Waals surface area contributed by atoms with E-state index < -0.39 is 0 Å². The minimum atomic E-state index is -0.365. The van der Waals surface area contributed by atoms with Crippen molar-refractivity contribution >= 4 is 52.4 Å². The summed E-state index contributed by atoms with van der Waals surface area (Å²) in [5.74, 6) is -0.542. The van der Waals surface area contributed by atoms with Crippen molar-refractivity contribution in [3.8, 4) is 0 Å². The van der Waals surface area contributed by atoms with Crippen molar-refractivity contribution in [2.45, 2.75) is 0 Å². The number of carbonyl (C=O) groups excluding carboxylic acids is 1. The van der Waals surface area contributed by atoms with E-state index in [-0.39, 0.29) is 22.2 Å². The molecule has 0 heterocycles. The summed E-state index contributed by atoms with van der Waals surface area (Å²) in [5.41, 5.74) is 1.57. The van der Waals surface area contributed by atoms with Crippen molar-refractivity contribution in [1.82, 2.24) is 0 Å². The molecule has 6 heteroatoms. The number of nitrogens with zero attached hydrogens (tertiary/aromatic N) is 1. The Bertz CT molecular complexity index is 1080. The van der Waals surface area contributed by atoms with Gasteiger partial charge in [0, 0.05) is 17.3 Å². The van der Waals surface area contributed by atoms with Gasteiger partial charge in [-0.3, -0.25) is 4.79 Å². The molecule has 0 spiro atoms. The highest BCUT2D eigenvalue weighted by Gasteiger charge is 2.17. The van der Waals surface area contributed by atoms with Gasteiger partial charge >= 0.3 is 0 Å². The molecule has 0 saturated carbocycles. The zero-order chi connectivity index (χ0) is 20.6. The van der Waals surface area contributed by atoms with E-state index in [0.717, 1.165) is 0 Å². The number of halogens is 1. The van der Waals surface area contributed by atoms with Gasteiger partial charge in [-0.2, -0.15) is 0 Å². The Balaban J connectivity index is 1.93. The second kappa shape index (κ2) is 9.78. The van der Waals surface area contributed by atoms with Crippen molar-refractivity contribution in [1.29, 1.82) is 0 Å². The normalized spacial score (nSPS) is 11.8. The van der Waals surface area contributed by atoms with Crippen molar-refractivity contribution in [2.24, 2.45) is 4.99 Å². The number of aliphatic imine (C=N–C) groups is 1. The van der Waals surface area contributed by atoms with Crippen LogP contribution in [0.1, 0.15) is 15.9 Å². The van der Waals surface area contributed by atoms with E-state index in [4.69, 9.17) is 23.8 Å². The summed E-state index contributed by atoms with van der Waals surface area (Å²) in [6.07, 6.45) is 1.27. The third-order valence-electron chi connectivity index (χ3n) is 4.01. The molecule has 29 heavy (non-hydrogen) atoms. The monoisotopic (exact) mass is 420 g/mol. The molecular formula is C23H17ClN2O2S. The standard InChI is InChI=1S/C23H17ClN2O2S/c24-19-13-7-8-14-20(19)26-23(29)25-15-18(21(27)16-9-3-1-4-10-16)22(28)17-11-5-2-6-12-17/h1-15,27H,(H,26,29)/b21-18-,25-15+. The molecule has 0 aliphatic heterocycles. The number of nitrogens with one attached hydrogen (secondary N) is 1. The number of hydrogen-bond donors (Lipinski definition) is 2. The fourth-order valence-electron chi connectivity index (χ4n) is 2.56. The minimum absolute atomic E-state index is 0.0331. The van der Waals surface area contributed by atoms with Gasteiger partial charge in [-0.15, -0.1) is 0 Å². The van der Waals surface area contributed by atoms with Crippen LogP contribution in [0.4, 0.5) is 5.69 Å². The highest BCUT2D eigenvalue weighted by atomic mass is 35.5. The highest BCUT2D eigenvalue weighted by molar-refractivity contribution is 7.80. The number of benzene rings is 3. The average Bonchev–Trinajstić information content (AvgIpc) is 2.76. The van der Waals surface area contributed by atoms with Gasteiger partial charge in [0.1, 0.15) is 5.76 Å². The average molecular weight is 421 g/mol. The molecule has 0 atom stereocenters. The summed E-state index contributed by atoms with van der Waals surface area (Å²) >= 11 is 11.4. The third kappa shape index (κ3) is 5.38. The first-order valence-corrected chi connectivity index (χ1v) is 9.53. The summed E-state index contributed by atoms with van der Waals surface area (Å²) in [6.45, 7) is 0. The zero-order valence-electron chi connectivity index (χ0n) is 15.2. The number of Topliss-reactive ketones (excluding diaryl/α,β-unsaturated/α-hetero) is 1. The number of anilines is 1. The molecule has 4 nitrogen and oxygen atoms in total. The van der Waals surface area contributed by atoms with Crippen LogP contribution in [0.15, 0.2) is 95.5 Å². The number of ketones is 1. The lowest BCUT2D eigenvalue weighted by Gasteiger charge is -2.08. The van der Waals surface area contributed by atoms with Crippen LogP contribution in [0.5, 0.6) is 0 Å². The summed E-state index contributed by atoms with van der Waals surface area (Å²) in [7, 11) is 0. The fraction of sp³-hybridized carbons (Fsp3) is 0. The molecule has 3 aromatic rings. The Morgan fingerprint density at radius 2 is 1.45 bits per heavy atom. The first kappa shape index (κ1) is 20.5. The van der Waals surface area contributed by atoms with Crippen LogP contribution < -0.4 is 5.32 Å². The zero-order valence-corrected chi connectivity index (χ0v) is 16.8. The van der Waals surface area contributed by atoms with Gasteiger partial charge in [0.15, 0.2) is 10.9 Å². The topological polar surface area (TPSA) is 61.7 Å². The number of rotatable bonds is 5. The van der Waals surface area contributed by atoms with E-state index in [1.807, 2.05) is 18.2 Å². The lowest BCUT2D eigenvalue weighted by Crippen LogP contribution is -2.11. The Labute approximate surface area is 179 Å². The number of hydrogen-bond acceptors (Lipinski definition) is 3. The maximum atomic E-state index is 13.0. The molecule has 0 aliphatic carbocycles. The maximum Gasteiger partial charge on any atom is 0.198 e. The number of aliphatic hydroxyl groups is 1. The van der Waals surface area contributed by atoms with Gasteiger partial charge in [0.2, 0.25) is 0 Å². The first-order chi connectivity index (χ1) is 14.1. The van der Waals surface area contributed by atoms with Gasteiger partial charge in [-0.1, -0.05) is 84.4 Å². The van der Waals surface area contributed by atoms with Crippen LogP contribution in [0.25, 0.3) is 5.76 Å². The van der Waals surface area contributed by atoms with Gasteiger partial charge in [-0.05, 0) is 24.4 Å². The molecule has 0 aliphatic rings. The molecule has 0 radical (unpaired) electrons. The van der Waals surface area contributed by atoms with E-state index in [2.05, 4.69) is 10.3 Å². The molecule has 0 fully saturated rings. The predicted molar refractivity (Wildman–Crippen MR) is 123 cm³/mol. The summed E-state index contributed by atoms with van der Waals surface area (Å²) in [5, 5.41) is 14.3. The minimum Gasteiger partial charge on any atom is -0.506 e. The van der Waals surface area contributed by atoms with Gasteiger partial charge in [-0.25, -0.2) is 4.99 Å². The number of allylic oxidation sites excluding steroid dienone is 1. The molecule has 3 aromatic carbocycles. The molecular weight excluding hydrogens is 404 g/mol. The molecule has 0 unspecified atom stereocenters. The number of carbonyl (C=O) groups is 1. The largest absolute Gasteiger partial charge is 0.506 e. The fourth-order valence-corrected chi connectivity index (χ4v) is 2.90. The molecule has 144 valence electrons. The van der Waals surface area contributed by atoms with E-state index >= 15 is 0 Å². The number of thiocarbonyl (C=S) groups is 1. The molecule has 0 aromatic heterocycles. The number of para-hydroxylation sites is 1. The molecule has 2 N–H and O–H groups in total. The first-order valence-electron chi connectivity index (χ1n) is 8.74. The third-order valence-corrected chi connectivity index (χ3v) is 4.55. The van der Waals surface area contributed by atoms with Gasteiger partial charge in [0.25, 0.3) is 0 Å². The Morgan fingerprint density at radius 3 is 2.07 bits per heavy atom. The number of aliphatic hydroxyl groups excluding tert-OH is 1. The van der Waals surface area contributed by atoms with E-state index in [1.165, 1.54) is 6.21 Å². The van der Waals surface area contributed by atoms with Gasteiger partial charge in [0.05, 0.1) is 16.3 Å². The van der Waals surface area contributed by atoms with Crippen LogP contribution in [0.3, 0.4) is 0 Å². The smallest absolute Gasteiger partial charge is 0.198 e. The summed E-state index contributed by atoms with van der Waals surface area (Å²) in [4.78, 5) is 17.1. The Kier molecular flexibility index (Phi) is 6.89. The maximum absolute atomic E-state index is 13.0. The Hall–Kier alpha value is -3.28. The second-order valence-corrected chi connectivity index (χ2v) is 6.79. The van der Waals surface area contributed by atoms with E-state index in [0.29, 0.717) is 21.8 Å². The summed E-state index contributed by atoms with van der Waals surface area (Å²) in [6, 6.07) is 24.6. The molecule has 0 saturated heterocycles. The van der Waals surface area contributed by atoms with Crippen LogP contribution in [-0.4, -0.2) is 22.2 Å². The SMILES string of the molecule is O=C(C(/C=N/C(=S)Nc1ccccc1Cl)=C(\O)c1ccccc1)c1ccccc1. The van der Waals surface area contributed by atoms with Crippen LogP contribution in [0, 0.1) is 0 Å². The van der Waals surface area contributed by atoms with Crippen LogP contribution in [0.2, 0.25) is 5.02 Å². The van der Waals surface area contributed by atoms with E-state index in [1.54, 1.807) is 66.7 Å². The predicted octanol–water partition coefficient (Wildman–Crippen LogP) is 5.96. The lowest BCUT2D eigenvalue weighted by atomic mass is 10.0.